The number of carboxylic acids is 1. The van der Waals surface area contributed by atoms with Gasteiger partial charge < -0.3 is 14.6 Å². The Bertz CT molecular complexity index is 1150. The molecule has 3 rings (SSSR count). The molecule has 0 aromatic heterocycles. The van der Waals surface area contributed by atoms with Crippen LogP contribution in [-0.2, 0) is 14.4 Å². The number of rotatable bonds is 7. The molecule has 2 amide bonds. The first-order valence-corrected chi connectivity index (χ1v) is 10.7. The molecule has 0 radical (unpaired) electrons. The largest absolute Gasteiger partial charge is 0.490 e. The van der Waals surface area contributed by atoms with E-state index < -0.39 is 23.9 Å². The van der Waals surface area contributed by atoms with Crippen LogP contribution in [0.15, 0.2) is 42.0 Å². The Morgan fingerprint density at radius 3 is 2.42 bits per heavy atom. The van der Waals surface area contributed by atoms with Gasteiger partial charge in [0.2, 0.25) is 0 Å². The van der Waals surface area contributed by atoms with Gasteiger partial charge in [-0.2, -0.15) is 0 Å². The Balaban J connectivity index is 1.99. The van der Waals surface area contributed by atoms with Crippen LogP contribution >= 0.6 is 12.2 Å². The maximum atomic E-state index is 13.3. The number of aryl methyl sites for hydroxylation is 2. The van der Waals surface area contributed by atoms with E-state index in [-0.39, 0.29) is 16.4 Å². The van der Waals surface area contributed by atoms with Crippen molar-refractivity contribution >= 4 is 46.9 Å². The maximum Gasteiger partial charge on any atom is 0.344 e. The highest BCUT2D eigenvalue weighted by Gasteiger charge is 2.34. The fourth-order valence-electron chi connectivity index (χ4n) is 3.36. The predicted octanol–water partition coefficient (Wildman–Crippen LogP) is 3.39. The lowest BCUT2D eigenvalue weighted by Gasteiger charge is -2.29. The fourth-order valence-corrected chi connectivity index (χ4v) is 3.64. The molecule has 1 unspecified atom stereocenters. The second kappa shape index (κ2) is 9.83. The van der Waals surface area contributed by atoms with Crippen LogP contribution in [0.5, 0.6) is 11.5 Å². The molecule has 8 nitrogen and oxygen atoms in total. The number of benzene rings is 2. The van der Waals surface area contributed by atoms with E-state index in [9.17, 15) is 14.4 Å². The van der Waals surface area contributed by atoms with Gasteiger partial charge in [0.15, 0.2) is 22.7 Å². The molecule has 1 heterocycles. The van der Waals surface area contributed by atoms with E-state index in [4.69, 9.17) is 26.8 Å². The summed E-state index contributed by atoms with van der Waals surface area (Å²) in [5.41, 5.74) is 2.87. The summed E-state index contributed by atoms with van der Waals surface area (Å²) in [6.45, 7) is 7.31. The Labute approximate surface area is 196 Å². The van der Waals surface area contributed by atoms with Crippen LogP contribution in [0.25, 0.3) is 6.08 Å². The van der Waals surface area contributed by atoms with E-state index in [0.717, 1.165) is 11.1 Å². The summed E-state index contributed by atoms with van der Waals surface area (Å²) in [6.07, 6.45) is 0.355. The van der Waals surface area contributed by atoms with E-state index in [1.165, 1.54) is 24.0 Å². The van der Waals surface area contributed by atoms with Crippen molar-refractivity contribution in [2.45, 2.75) is 33.8 Å². The smallest absolute Gasteiger partial charge is 0.344 e. The maximum absolute atomic E-state index is 13.3. The molecule has 0 spiro atoms. The van der Waals surface area contributed by atoms with Gasteiger partial charge >= 0.3 is 5.97 Å². The van der Waals surface area contributed by atoms with Crippen molar-refractivity contribution in [3.63, 3.8) is 0 Å². The summed E-state index contributed by atoms with van der Waals surface area (Å²) in [7, 11) is 0. The molecule has 1 aliphatic heterocycles. The van der Waals surface area contributed by atoms with E-state index in [2.05, 4.69) is 5.32 Å². The summed E-state index contributed by atoms with van der Waals surface area (Å²) in [4.78, 5) is 38.3. The molecule has 2 N–H and O–H groups in total. The molecule has 172 valence electrons. The third-order valence-electron chi connectivity index (χ3n) is 4.80. The van der Waals surface area contributed by atoms with Gasteiger partial charge in [-0.25, -0.2) is 4.79 Å². The quantitative estimate of drug-likeness (QED) is 0.365. The molecular formula is C24H24N2O6S. The average molecular weight is 469 g/mol. The first-order valence-electron chi connectivity index (χ1n) is 10.3. The van der Waals surface area contributed by atoms with E-state index in [0.29, 0.717) is 23.6 Å². The van der Waals surface area contributed by atoms with Crippen LogP contribution < -0.4 is 19.7 Å². The molecule has 2 aromatic rings. The van der Waals surface area contributed by atoms with Crippen molar-refractivity contribution in [3.05, 3.63) is 58.7 Å². The highest BCUT2D eigenvalue weighted by molar-refractivity contribution is 7.80. The third kappa shape index (κ3) is 5.38. The van der Waals surface area contributed by atoms with Gasteiger partial charge in [-0.1, -0.05) is 12.1 Å². The number of carbonyl (C=O) groups is 3. The van der Waals surface area contributed by atoms with Gasteiger partial charge in [0.1, 0.15) is 5.57 Å². The van der Waals surface area contributed by atoms with Crippen LogP contribution in [0.4, 0.5) is 5.69 Å². The number of nitrogens with zero attached hydrogens (tertiary/aromatic N) is 1. The zero-order valence-corrected chi connectivity index (χ0v) is 19.5. The molecule has 0 aliphatic carbocycles. The van der Waals surface area contributed by atoms with Gasteiger partial charge in [-0.15, -0.1) is 0 Å². The number of carboxylic acid groups (broad SMARTS) is 1. The number of ether oxygens (including phenoxy) is 2. The highest BCUT2D eigenvalue weighted by atomic mass is 32.1. The third-order valence-corrected chi connectivity index (χ3v) is 5.08. The Kier molecular flexibility index (Phi) is 7.13. The zero-order valence-electron chi connectivity index (χ0n) is 18.7. The molecule has 1 aliphatic rings. The number of hydrogen-bond donors (Lipinski definition) is 2. The van der Waals surface area contributed by atoms with Crippen LogP contribution in [0.1, 0.15) is 30.5 Å². The minimum atomic E-state index is -1.12. The lowest BCUT2D eigenvalue weighted by atomic mass is 10.1. The van der Waals surface area contributed by atoms with Crippen LogP contribution in [0, 0.1) is 13.8 Å². The lowest BCUT2D eigenvalue weighted by Crippen LogP contribution is -2.54. The van der Waals surface area contributed by atoms with E-state index in [1.807, 2.05) is 32.0 Å². The summed E-state index contributed by atoms with van der Waals surface area (Å²) in [6, 6.07) is 10.3. The van der Waals surface area contributed by atoms with Gasteiger partial charge in [-0.05, 0) is 86.9 Å². The molecule has 1 fully saturated rings. The average Bonchev–Trinajstić information content (AvgIpc) is 2.72. The SMILES string of the molecule is CCOc1cc(C=C2C(=O)NC(=S)N(c3cc(C)cc(C)c3)C2=O)ccc1OC(C)C(=O)O. The predicted molar refractivity (Wildman–Crippen MR) is 127 cm³/mol. The second-order valence-electron chi connectivity index (χ2n) is 7.54. The van der Waals surface area contributed by atoms with E-state index in [1.54, 1.807) is 19.1 Å². The number of carbonyl (C=O) groups excluding carboxylic acids is 2. The Morgan fingerprint density at radius 1 is 1.15 bits per heavy atom. The van der Waals surface area contributed by atoms with Crippen LogP contribution in [0.2, 0.25) is 0 Å². The normalized spacial score (nSPS) is 15.9. The summed E-state index contributed by atoms with van der Waals surface area (Å²) >= 11 is 5.26. The molecule has 1 saturated heterocycles. The van der Waals surface area contributed by atoms with Gasteiger partial charge in [0.25, 0.3) is 11.8 Å². The number of thiocarbonyl (C=S) groups is 1. The Hall–Kier alpha value is -3.72. The van der Waals surface area contributed by atoms with Gasteiger partial charge in [-0.3, -0.25) is 19.8 Å². The summed E-state index contributed by atoms with van der Waals surface area (Å²) < 4.78 is 11.0. The second-order valence-corrected chi connectivity index (χ2v) is 7.93. The number of nitrogens with one attached hydrogen (secondary N) is 1. The van der Waals surface area contributed by atoms with Crippen molar-refractivity contribution in [3.8, 4) is 11.5 Å². The molecule has 9 heteroatoms. The molecule has 1 atom stereocenters. The molecule has 2 aromatic carbocycles. The van der Waals surface area contributed by atoms with E-state index >= 15 is 0 Å². The topological polar surface area (TPSA) is 105 Å². The standard InChI is InChI=1S/C24H24N2O6S/c1-5-31-20-12-16(6-7-19(20)32-15(4)23(29)30)11-18-21(27)25-24(33)26(22(18)28)17-9-13(2)8-14(3)10-17/h6-12,15H,5H2,1-4H3,(H,29,30)(H,25,27,33). The molecule has 0 bridgehead atoms. The van der Waals surface area contributed by atoms with Crippen molar-refractivity contribution in [1.82, 2.24) is 5.32 Å². The fraction of sp³-hybridized carbons (Fsp3) is 0.250. The monoisotopic (exact) mass is 468 g/mol. The van der Waals surface area contributed by atoms with Crippen molar-refractivity contribution in [2.24, 2.45) is 0 Å². The van der Waals surface area contributed by atoms with Crippen molar-refractivity contribution in [1.29, 1.82) is 0 Å². The van der Waals surface area contributed by atoms with Crippen molar-refractivity contribution < 1.29 is 29.0 Å². The minimum Gasteiger partial charge on any atom is -0.490 e. The summed E-state index contributed by atoms with van der Waals surface area (Å²) in [5, 5.41) is 11.7. The molecular weight excluding hydrogens is 444 g/mol. The lowest BCUT2D eigenvalue weighted by molar-refractivity contribution is -0.144. The summed E-state index contributed by atoms with van der Waals surface area (Å²) in [5.74, 6) is -1.73. The Morgan fingerprint density at radius 2 is 1.82 bits per heavy atom. The van der Waals surface area contributed by atoms with Crippen LogP contribution in [-0.4, -0.2) is 40.7 Å². The number of anilines is 1. The number of amides is 2. The highest BCUT2D eigenvalue weighted by Crippen LogP contribution is 2.31. The molecule has 33 heavy (non-hydrogen) atoms. The number of aliphatic carboxylic acids is 1. The zero-order chi connectivity index (χ0) is 24.3. The molecule has 0 saturated carbocycles. The minimum absolute atomic E-state index is 0.00793. The first-order chi connectivity index (χ1) is 15.6. The van der Waals surface area contributed by atoms with Crippen molar-refractivity contribution in [2.75, 3.05) is 11.5 Å². The van der Waals surface area contributed by atoms with Gasteiger partial charge in [0, 0.05) is 0 Å². The first kappa shape index (κ1) is 23.9. The van der Waals surface area contributed by atoms with Gasteiger partial charge in [0.05, 0.1) is 12.3 Å². The van der Waals surface area contributed by atoms with Crippen LogP contribution in [0.3, 0.4) is 0 Å². The number of hydrogen-bond acceptors (Lipinski definition) is 6.